The van der Waals surface area contributed by atoms with Crippen molar-refractivity contribution in [1.29, 1.82) is 0 Å². The van der Waals surface area contributed by atoms with Crippen LogP contribution in [0.4, 0.5) is 5.13 Å². The number of aromatic hydroxyl groups is 1. The molecule has 0 saturated carbocycles. The van der Waals surface area contributed by atoms with Gasteiger partial charge in [0.1, 0.15) is 24.7 Å². The third-order valence-electron chi connectivity index (χ3n) is 6.35. The maximum absolute atomic E-state index is 13.4. The summed E-state index contributed by atoms with van der Waals surface area (Å²) >= 11 is 8.57. The first-order valence-electron chi connectivity index (χ1n) is 12.1. The van der Waals surface area contributed by atoms with E-state index in [0.29, 0.717) is 51.0 Å². The van der Waals surface area contributed by atoms with Gasteiger partial charge in [-0.15, -0.1) is 10.2 Å². The van der Waals surface area contributed by atoms with Crippen LogP contribution in [0.25, 0.3) is 5.76 Å². The van der Waals surface area contributed by atoms with E-state index in [1.165, 1.54) is 40.1 Å². The summed E-state index contributed by atoms with van der Waals surface area (Å²) in [6.45, 7) is 0.761. The minimum absolute atomic E-state index is 0.0179. The Balaban J connectivity index is 1.38. The summed E-state index contributed by atoms with van der Waals surface area (Å²) in [5, 5.41) is 30.5. The molecule has 0 aliphatic carbocycles. The van der Waals surface area contributed by atoms with Gasteiger partial charge in [0.2, 0.25) is 5.13 Å². The Hall–Kier alpha value is -4.06. The lowest BCUT2D eigenvalue weighted by atomic mass is 9.95. The minimum atomic E-state index is -1.00. The lowest BCUT2D eigenvalue weighted by molar-refractivity contribution is -0.132. The van der Waals surface area contributed by atoms with E-state index >= 15 is 0 Å². The Bertz CT molecular complexity index is 1640. The highest BCUT2D eigenvalue weighted by atomic mass is 35.5. The highest BCUT2D eigenvalue weighted by Crippen LogP contribution is 2.45. The average Bonchev–Trinajstić information content (AvgIpc) is 3.54. The zero-order valence-electron chi connectivity index (χ0n) is 20.6. The van der Waals surface area contributed by atoms with E-state index in [9.17, 15) is 19.8 Å². The number of fused-ring (bicyclic) bond motifs is 1. The molecule has 1 unspecified atom stereocenters. The summed E-state index contributed by atoms with van der Waals surface area (Å²) in [5.74, 6) is -0.496. The number of carbonyl (C=O) groups is 2. The number of halogens is 1. The highest BCUT2D eigenvalue weighted by molar-refractivity contribution is 8.00. The number of amides is 1. The molecule has 1 fully saturated rings. The Morgan fingerprint density at radius 2 is 1.73 bits per heavy atom. The number of hydrogen-bond acceptors (Lipinski definition) is 10. The molecule has 9 nitrogen and oxygen atoms in total. The second kappa shape index (κ2) is 10.8. The van der Waals surface area contributed by atoms with Crippen LogP contribution in [0.3, 0.4) is 0 Å². The molecule has 12 heteroatoms. The zero-order chi connectivity index (χ0) is 27.8. The molecular formula is C28H20ClN3O6S2. The molecule has 2 aliphatic rings. The van der Waals surface area contributed by atoms with Crippen molar-refractivity contribution in [1.82, 2.24) is 10.2 Å². The van der Waals surface area contributed by atoms with Crippen molar-refractivity contribution in [2.24, 2.45) is 0 Å². The van der Waals surface area contributed by atoms with Crippen LogP contribution in [0, 0.1) is 0 Å². The van der Waals surface area contributed by atoms with Gasteiger partial charge in [-0.05, 0) is 53.6 Å². The molecule has 0 bridgehead atoms. The van der Waals surface area contributed by atoms with Crippen molar-refractivity contribution in [3.05, 3.63) is 94.0 Å². The Labute approximate surface area is 241 Å². The molecule has 1 atom stereocenters. The number of aliphatic hydroxyl groups is 1. The Morgan fingerprint density at radius 1 is 1.00 bits per heavy atom. The van der Waals surface area contributed by atoms with Crippen LogP contribution in [-0.2, 0) is 15.3 Å². The van der Waals surface area contributed by atoms with E-state index in [2.05, 4.69) is 10.2 Å². The number of rotatable bonds is 6. The molecule has 3 heterocycles. The number of aliphatic hydroxyl groups excluding tert-OH is 1. The maximum Gasteiger partial charge on any atom is 0.301 e. The van der Waals surface area contributed by atoms with Crippen LogP contribution >= 0.6 is 34.7 Å². The number of benzene rings is 3. The molecule has 2 N–H and O–H groups in total. The molecule has 40 heavy (non-hydrogen) atoms. The van der Waals surface area contributed by atoms with Gasteiger partial charge in [-0.1, -0.05) is 59.0 Å². The predicted octanol–water partition coefficient (Wildman–Crippen LogP) is 5.59. The first kappa shape index (κ1) is 26.2. The number of thioether (sulfide) groups is 1. The van der Waals surface area contributed by atoms with Crippen molar-refractivity contribution in [3.63, 3.8) is 0 Å². The van der Waals surface area contributed by atoms with Crippen molar-refractivity contribution in [2.75, 3.05) is 18.1 Å². The van der Waals surface area contributed by atoms with Crippen LogP contribution in [0.15, 0.2) is 76.6 Å². The second-order valence-electron chi connectivity index (χ2n) is 8.88. The molecule has 3 aromatic carbocycles. The number of hydrogen-bond donors (Lipinski definition) is 2. The number of anilines is 1. The van der Waals surface area contributed by atoms with Crippen LogP contribution in [0.5, 0.6) is 17.2 Å². The number of aromatic nitrogens is 2. The Morgan fingerprint density at radius 3 is 2.48 bits per heavy atom. The number of phenols is 1. The largest absolute Gasteiger partial charge is 0.508 e. The van der Waals surface area contributed by atoms with Gasteiger partial charge in [0.25, 0.3) is 5.78 Å². The van der Waals surface area contributed by atoms with Crippen molar-refractivity contribution in [3.8, 4) is 17.2 Å². The third kappa shape index (κ3) is 4.99. The fourth-order valence-electron chi connectivity index (χ4n) is 4.43. The second-order valence-corrected chi connectivity index (χ2v) is 11.5. The molecule has 6 rings (SSSR count). The summed E-state index contributed by atoms with van der Waals surface area (Å²) in [5.41, 5.74) is 1.72. The van der Waals surface area contributed by atoms with Crippen LogP contribution in [0.2, 0.25) is 5.02 Å². The first-order valence-corrected chi connectivity index (χ1v) is 14.3. The maximum atomic E-state index is 13.4. The summed E-state index contributed by atoms with van der Waals surface area (Å²) in [4.78, 5) is 28.1. The van der Waals surface area contributed by atoms with Crippen molar-refractivity contribution < 1.29 is 29.3 Å². The van der Waals surface area contributed by atoms with Gasteiger partial charge in [0, 0.05) is 16.3 Å². The standard InChI is InChI=1S/C28H20ClN3O6S2/c29-18-6-1-15(2-7-18)14-39-28-31-30-27(40-28)32-23(16-3-8-19(33)9-4-16)22(25(35)26(32)36)24(34)17-5-10-20-21(13-17)38-12-11-37-20/h1-10,13,23,33-34H,11-12,14H2/b24-22+. The molecule has 4 aromatic rings. The summed E-state index contributed by atoms with van der Waals surface area (Å²) in [7, 11) is 0. The molecule has 202 valence electrons. The molecule has 1 saturated heterocycles. The van der Waals surface area contributed by atoms with Crippen molar-refractivity contribution in [2.45, 2.75) is 16.1 Å². The molecule has 2 aliphatic heterocycles. The minimum Gasteiger partial charge on any atom is -0.508 e. The first-order chi connectivity index (χ1) is 19.4. The number of ether oxygens (including phenoxy) is 2. The predicted molar refractivity (Wildman–Crippen MR) is 151 cm³/mol. The van der Waals surface area contributed by atoms with Gasteiger partial charge in [-0.2, -0.15) is 0 Å². The van der Waals surface area contributed by atoms with Crippen LogP contribution < -0.4 is 14.4 Å². The number of ketones is 1. The molecule has 1 aromatic heterocycles. The lowest BCUT2D eigenvalue weighted by Gasteiger charge is -2.23. The Kier molecular flexibility index (Phi) is 7.09. The molecule has 0 spiro atoms. The fraction of sp³-hybridized carbons (Fsp3) is 0.143. The van der Waals surface area contributed by atoms with Crippen molar-refractivity contribution >= 4 is 57.3 Å². The van der Waals surface area contributed by atoms with E-state index in [-0.39, 0.29) is 22.2 Å². The van der Waals surface area contributed by atoms with Gasteiger partial charge in [0.15, 0.2) is 15.8 Å². The summed E-state index contributed by atoms with van der Waals surface area (Å²) in [6, 6.07) is 17.3. The van der Waals surface area contributed by atoms with E-state index in [4.69, 9.17) is 21.1 Å². The summed E-state index contributed by atoms with van der Waals surface area (Å²) < 4.78 is 11.8. The van der Waals surface area contributed by atoms with E-state index in [1.807, 2.05) is 24.3 Å². The van der Waals surface area contributed by atoms with Gasteiger partial charge in [-0.25, -0.2) is 0 Å². The topological polar surface area (TPSA) is 122 Å². The smallest absolute Gasteiger partial charge is 0.301 e. The number of nitrogens with zero attached hydrogens (tertiary/aromatic N) is 3. The van der Waals surface area contributed by atoms with Crippen LogP contribution in [-0.4, -0.2) is 45.3 Å². The average molecular weight is 594 g/mol. The van der Waals surface area contributed by atoms with Gasteiger partial charge >= 0.3 is 5.91 Å². The van der Waals surface area contributed by atoms with Gasteiger partial charge in [-0.3, -0.25) is 14.5 Å². The quantitative estimate of drug-likeness (QED) is 0.0968. The lowest BCUT2D eigenvalue weighted by Crippen LogP contribution is -2.29. The highest BCUT2D eigenvalue weighted by Gasteiger charge is 2.48. The zero-order valence-corrected chi connectivity index (χ0v) is 23.0. The normalized spacial score (nSPS) is 17.8. The van der Waals surface area contributed by atoms with Gasteiger partial charge in [0.05, 0.1) is 11.6 Å². The van der Waals surface area contributed by atoms with E-state index in [1.54, 1.807) is 30.3 Å². The molecule has 1 amide bonds. The SMILES string of the molecule is O=C1C(=O)N(c2nnc(SCc3ccc(Cl)cc3)s2)C(c2ccc(O)cc2)/C1=C(\O)c1ccc2c(c1)OCCO2. The third-order valence-corrected chi connectivity index (χ3v) is 8.73. The molecule has 0 radical (unpaired) electrons. The number of phenolic OH excluding ortho intramolecular Hbond substituents is 1. The molecular weight excluding hydrogens is 574 g/mol. The number of carbonyl (C=O) groups excluding carboxylic acids is 2. The fourth-order valence-corrected chi connectivity index (χ4v) is 6.38. The number of Topliss-reactive ketones (excluding diaryl/α,β-unsaturated/α-hetero) is 1. The van der Waals surface area contributed by atoms with E-state index in [0.717, 1.165) is 5.56 Å². The van der Waals surface area contributed by atoms with Crippen LogP contribution in [0.1, 0.15) is 22.7 Å². The van der Waals surface area contributed by atoms with Gasteiger partial charge < -0.3 is 19.7 Å². The monoisotopic (exact) mass is 593 g/mol. The van der Waals surface area contributed by atoms with E-state index < -0.39 is 17.7 Å². The summed E-state index contributed by atoms with van der Waals surface area (Å²) in [6.07, 6.45) is 0.